The molecule has 0 heterocycles. The topological polar surface area (TPSA) is 9.23 Å². The highest BCUT2D eigenvalue weighted by Gasteiger charge is 2.19. The molecule has 1 fully saturated rings. The molecule has 0 N–H and O–H groups in total. The highest BCUT2D eigenvalue weighted by Crippen LogP contribution is 2.35. The zero-order valence-corrected chi connectivity index (χ0v) is 14.0. The lowest BCUT2D eigenvalue weighted by Crippen LogP contribution is -2.10. The second kappa shape index (κ2) is 7.38. The number of methoxy groups -OCH3 is 1. The van der Waals surface area contributed by atoms with Crippen LogP contribution in [0.25, 0.3) is 0 Å². The quantitative estimate of drug-likeness (QED) is 0.676. The van der Waals surface area contributed by atoms with E-state index in [4.69, 9.17) is 4.74 Å². The summed E-state index contributed by atoms with van der Waals surface area (Å²) in [5.74, 6) is 8.97. The first-order chi connectivity index (χ1) is 11.2. The number of ether oxygens (including phenoxy) is 1. The van der Waals surface area contributed by atoms with E-state index in [1.54, 1.807) is 7.11 Å². The van der Waals surface area contributed by atoms with Gasteiger partial charge in [-0.3, -0.25) is 0 Å². The van der Waals surface area contributed by atoms with Crippen molar-refractivity contribution in [1.82, 2.24) is 0 Å². The van der Waals surface area contributed by atoms with E-state index in [0.717, 1.165) is 28.7 Å². The maximum Gasteiger partial charge on any atom is 0.118 e. The second-order valence-corrected chi connectivity index (χ2v) is 6.56. The fraction of sp³-hybridized carbons (Fsp3) is 0.364. The lowest BCUT2D eigenvalue weighted by molar-refractivity contribution is 0.348. The first-order valence-electron chi connectivity index (χ1n) is 8.50. The van der Waals surface area contributed by atoms with E-state index in [1.807, 2.05) is 24.3 Å². The van der Waals surface area contributed by atoms with E-state index >= 15 is 0 Å². The highest BCUT2D eigenvalue weighted by atomic mass is 16.5. The van der Waals surface area contributed by atoms with Crippen molar-refractivity contribution < 1.29 is 4.74 Å². The normalized spacial score (nSPS) is 20.4. The molecule has 0 radical (unpaired) electrons. The van der Waals surface area contributed by atoms with Crippen molar-refractivity contribution in [1.29, 1.82) is 0 Å². The van der Waals surface area contributed by atoms with Crippen molar-refractivity contribution in [2.75, 3.05) is 7.11 Å². The van der Waals surface area contributed by atoms with Gasteiger partial charge in [-0.1, -0.05) is 43.7 Å². The van der Waals surface area contributed by atoms with E-state index < -0.39 is 0 Å². The van der Waals surface area contributed by atoms with Crippen LogP contribution in [0, 0.1) is 17.8 Å². The molecule has 23 heavy (non-hydrogen) atoms. The van der Waals surface area contributed by atoms with Crippen molar-refractivity contribution in [3.05, 3.63) is 65.2 Å². The fourth-order valence-corrected chi connectivity index (χ4v) is 3.25. The third kappa shape index (κ3) is 4.17. The van der Waals surface area contributed by atoms with Gasteiger partial charge in [0.25, 0.3) is 0 Å². The number of rotatable bonds is 2. The first kappa shape index (κ1) is 15.7. The third-order valence-corrected chi connectivity index (χ3v) is 4.84. The smallest absolute Gasteiger partial charge is 0.118 e. The molecule has 0 saturated heterocycles. The Labute approximate surface area is 139 Å². The van der Waals surface area contributed by atoms with Crippen molar-refractivity contribution in [3.8, 4) is 17.6 Å². The summed E-state index contributed by atoms with van der Waals surface area (Å²) in [6.07, 6.45) is 5.39. The van der Waals surface area contributed by atoms with Gasteiger partial charge in [-0.2, -0.15) is 0 Å². The van der Waals surface area contributed by atoms with Crippen LogP contribution in [-0.4, -0.2) is 7.11 Å². The third-order valence-electron chi connectivity index (χ3n) is 4.84. The van der Waals surface area contributed by atoms with Gasteiger partial charge in [0.15, 0.2) is 0 Å². The first-order valence-corrected chi connectivity index (χ1v) is 8.50. The molecule has 0 aromatic heterocycles. The molecule has 1 saturated carbocycles. The molecule has 1 nitrogen and oxygen atoms in total. The number of hydrogen-bond acceptors (Lipinski definition) is 1. The minimum atomic E-state index is 0.745. The van der Waals surface area contributed by atoms with Crippen LogP contribution >= 0.6 is 0 Å². The van der Waals surface area contributed by atoms with Crippen LogP contribution < -0.4 is 4.74 Å². The summed E-state index contributed by atoms with van der Waals surface area (Å²) in [7, 11) is 1.68. The van der Waals surface area contributed by atoms with Crippen LogP contribution in [0.4, 0.5) is 0 Å². The Morgan fingerprint density at radius 1 is 0.783 bits per heavy atom. The average Bonchev–Trinajstić information content (AvgIpc) is 2.61. The molecule has 0 bridgehead atoms. The van der Waals surface area contributed by atoms with Gasteiger partial charge in [-0.25, -0.2) is 0 Å². The standard InChI is InChI=1S/C22H24O/c1-17-3-11-20(12-4-17)21-13-7-18(8-14-21)5-6-19-9-15-22(23-2)16-10-19/h7-10,13-17,20H,3-4,11-12H2,1-2H3/t17-,20-. The highest BCUT2D eigenvalue weighted by molar-refractivity contribution is 5.45. The van der Waals surface area contributed by atoms with Crippen molar-refractivity contribution >= 4 is 0 Å². The summed E-state index contributed by atoms with van der Waals surface area (Å²) in [6.45, 7) is 2.37. The van der Waals surface area contributed by atoms with E-state index in [0.29, 0.717) is 0 Å². The molecule has 2 aromatic rings. The molecular formula is C22H24O. The molecule has 0 amide bonds. The molecule has 118 valence electrons. The Bertz CT molecular complexity index is 677. The van der Waals surface area contributed by atoms with Gasteiger partial charge < -0.3 is 4.74 Å². The lowest BCUT2D eigenvalue weighted by Gasteiger charge is -2.26. The number of benzene rings is 2. The Morgan fingerprint density at radius 2 is 1.30 bits per heavy atom. The Balaban J connectivity index is 1.66. The Kier molecular flexibility index (Phi) is 5.03. The van der Waals surface area contributed by atoms with Gasteiger partial charge in [-0.05, 0) is 66.6 Å². The van der Waals surface area contributed by atoms with Gasteiger partial charge >= 0.3 is 0 Å². The predicted octanol–water partition coefficient (Wildman–Crippen LogP) is 5.39. The summed E-state index contributed by atoms with van der Waals surface area (Å²) in [4.78, 5) is 0. The SMILES string of the molecule is COc1ccc(C#Cc2ccc([C@H]3CC[C@H](C)CC3)cc2)cc1. The minimum absolute atomic E-state index is 0.745. The van der Waals surface area contributed by atoms with E-state index in [1.165, 1.54) is 31.2 Å². The Hall–Kier alpha value is -2.20. The van der Waals surface area contributed by atoms with Crippen molar-refractivity contribution in [2.45, 2.75) is 38.5 Å². The summed E-state index contributed by atoms with van der Waals surface area (Å²) >= 11 is 0. The molecule has 0 aliphatic heterocycles. The van der Waals surface area contributed by atoms with Gasteiger partial charge in [0.05, 0.1) is 7.11 Å². The Morgan fingerprint density at radius 3 is 1.83 bits per heavy atom. The van der Waals surface area contributed by atoms with E-state index in [9.17, 15) is 0 Å². The molecule has 0 atom stereocenters. The molecule has 1 aliphatic carbocycles. The molecule has 0 unspecified atom stereocenters. The molecule has 3 rings (SSSR count). The van der Waals surface area contributed by atoms with Crippen LogP contribution in [0.1, 0.15) is 55.2 Å². The van der Waals surface area contributed by atoms with Crippen molar-refractivity contribution in [2.24, 2.45) is 5.92 Å². The average molecular weight is 304 g/mol. The van der Waals surface area contributed by atoms with Gasteiger partial charge in [0.2, 0.25) is 0 Å². The number of hydrogen-bond donors (Lipinski definition) is 0. The molecule has 1 heteroatoms. The van der Waals surface area contributed by atoms with Gasteiger partial charge in [0, 0.05) is 11.1 Å². The minimum Gasteiger partial charge on any atom is -0.497 e. The predicted molar refractivity (Wildman–Crippen MR) is 95.8 cm³/mol. The summed E-state index contributed by atoms with van der Waals surface area (Å²) in [5, 5.41) is 0. The zero-order chi connectivity index (χ0) is 16.1. The lowest BCUT2D eigenvalue weighted by atomic mass is 9.79. The monoisotopic (exact) mass is 304 g/mol. The maximum absolute atomic E-state index is 5.16. The van der Waals surface area contributed by atoms with Gasteiger partial charge in [-0.15, -0.1) is 0 Å². The molecule has 0 spiro atoms. The van der Waals surface area contributed by atoms with Crippen LogP contribution in [-0.2, 0) is 0 Å². The van der Waals surface area contributed by atoms with E-state index in [2.05, 4.69) is 43.0 Å². The molecule has 2 aromatic carbocycles. The van der Waals surface area contributed by atoms with Crippen LogP contribution in [0.15, 0.2) is 48.5 Å². The van der Waals surface area contributed by atoms with Crippen LogP contribution in [0.5, 0.6) is 5.75 Å². The summed E-state index contributed by atoms with van der Waals surface area (Å²) in [6, 6.07) is 16.7. The summed E-state index contributed by atoms with van der Waals surface area (Å²) < 4.78 is 5.16. The zero-order valence-electron chi connectivity index (χ0n) is 14.0. The molecule has 1 aliphatic rings. The maximum atomic E-state index is 5.16. The fourth-order valence-electron chi connectivity index (χ4n) is 3.25. The van der Waals surface area contributed by atoms with E-state index in [-0.39, 0.29) is 0 Å². The van der Waals surface area contributed by atoms with Crippen LogP contribution in [0.3, 0.4) is 0 Å². The van der Waals surface area contributed by atoms with Gasteiger partial charge in [0.1, 0.15) is 5.75 Å². The second-order valence-electron chi connectivity index (χ2n) is 6.56. The summed E-state index contributed by atoms with van der Waals surface area (Å²) in [5.41, 5.74) is 3.57. The van der Waals surface area contributed by atoms with Crippen molar-refractivity contribution in [3.63, 3.8) is 0 Å². The van der Waals surface area contributed by atoms with Crippen LogP contribution in [0.2, 0.25) is 0 Å². The largest absolute Gasteiger partial charge is 0.497 e. The molecular weight excluding hydrogens is 280 g/mol.